The minimum absolute atomic E-state index is 0.0659. The number of hydrogen-bond acceptors (Lipinski definition) is 6. The Morgan fingerprint density at radius 3 is 2.37 bits per heavy atom. The van der Waals surface area contributed by atoms with E-state index in [1.165, 1.54) is 0 Å². The van der Waals surface area contributed by atoms with Crippen molar-refractivity contribution < 1.29 is 9.32 Å². The summed E-state index contributed by atoms with van der Waals surface area (Å²) in [6.45, 7) is 2.68. The molecular weight excluding hydrogens is 510 g/mol. The zero-order chi connectivity index (χ0) is 27.6. The van der Waals surface area contributed by atoms with E-state index >= 15 is 0 Å². The highest BCUT2D eigenvalue weighted by atomic mass is 16.5. The maximum Gasteiger partial charge on any atom is 0.263 e. The number of fused-ring (bicyclic) bond motifs is 2. The van der Waals surface area contributed by atoms with Crippen molar-refractivity contribution in [2.45, 2.75) is 12.8 Å². The van der Waals surface area contributed by atoms with Gasteiger partial charge in [0.1, 0.15) is 22.7 Å². The van der Waals surface area contributed by atoms with Crippen LogP contribution in [0.4, 0.5) is 5.82 Å². The van der Waals surface area contributed by atoms with Gasteiger partial charge in [-0.1, -0.05) is 102 Å². The van der Waals surface area contributed by atoms with Gasteiger partial charge in [0.15, 0.2) is 0 Å². The molecule has 6 aromatic rings. The number of nitrogens with zero attached hydrogens (tertiary/aromatic N) is 5. The normalized spacial score (nSPS) is 14.0. The number of benzene rings is 4. The van der Waals surface area contributed by atoms with Gasteiger partial charge in [0.25, 0.3) is 11.6 Å². The first-order valence-electron chi connectivity index (χ1n) is 14.0. The lowest BCUT2D eigenvalue weighted by atomic mass is 10.0. The van der Waals surface area contributed by atoms with E-state index in [-0.39, 0.29) is 5.91 Å². The number of carbonyl (C=O) groups is 1. The van der Waals surface area contributed by atoms with Crippen LogP contribution in [0, 0.1) is 0 Å². The van der Waals surface area contributed by atoms with Crippen LogP contribution in [0.5, 0.6) is 0 Å². The van der Waals surface area contributed by atoms with Crippen LogP contribution in [-0.4, -0.2) is 52.1 Å². The van der Waals surface area contributed by atoms with Crippen LogP contribution < -0.4 is 4.90 Å². The monoisotopic (exact) mass is 539 g/mol. The number of carbonyl (C=O) groups excluding carboxylic acids is 1. The number of anilines is 1. The number of aromatic nitrogens is 3. The van der Waals surface area contributed by atoms with Crippen LogP contribution in [0.15, 0.2) is 108 Å². The second-order valence-corrected chi connectivity index (χ2v) is 10.4. The first kappa shape index (κ1) is 25.0. The Kier molecular flexibility index (Phi) is 6.61. The molecule has 0 bridgehead atoms. The van der Waals surface area contributed by atoms with Crippen molar-refractivity contribution in [3.63, 3.8) is 0 Å². The maximum atomic E-state index is 13.7. The molecule has 0 spiro atoms. The van der Waals surface area contributed by atoms with Crippen molar-refractivity contribution in [2.24, 2.45) is 0 Å². The van der Waals surface area contributed by atoms with Crippen molar-refractivity contribution in [1.82, 2.24) is 20.0 Å². The van der Waals surface area contributed by atoms with Gasteiger partial charge in [-0.25, -0.2) is 4.98 Å². The Morgan fingerprint density at radius 2 is 1.51 bits per heavy atom. The smallest absolute Gasteiger partial charge is 0.263 e. The van der Waals surface area contributed by atoms with Crippen LogP contribution >= 0.6 is 0 Å². The minimum Gasteiger partial charge on any atom is -0.354 e. The molecule has 2 aromatic heterocycles. The molecule has 1 amide bonds. The van der Waals surface area contributed by atoms with Crippen LogP contribution in [0.2, 0.25) is 0 Å². The van der Waals surface area contributed by atoms with Crippen LogP contribution in [0.25, 0.3) is 33.1 Å². The third-order valence-corrected chi connectivity index (χ3v) is 7.72. The average Bonchev–Trinajstić information content (AvgIpc) is 3.30. The maximum absolute atomic E-state index is 13.7. The molecule has 1 aliphatic heterocycles. The van der Waals surface area contributed by atoms with E-state index < -0.39 is 0 Å². The van der Waals surface area contributed by atoms with E-state index in [2.05, 4.69) is 22.2 Å². The summed E-state index contributed by atoms with van der Waals surface area (Å²) in [5, 5.41) is 7.30. The van der Waals surface area contributed by atoms with Crippen LogP contribution in [0.1, 0.15) is 28.2 Å². The molecule has 0 unspecified atom stereocenters. The Balaban J connectivity index is 1.24. The molecule has 3 heterocycles. The fourth-order valence-corrected chi connectivity index (χ4v) is 5.67. The van der Waals surface area contributed by atoms with Gasteiger partial charge in [0, 0.05) is 43.7 Å². The van der Waals surface area contributed by atoms with E-state index in [9.17, 15) is 4.79 Å². The number of amides is 1. The summed E-state index contributed by atoms with van der Waals surface area (Å²) >= 11 is 0. The van der Waals surface area contributed by atoms with Crippen molar-refractivity contribution in [3.05, 3.63) is 120 Å². The highest BCUT2D eigenvalue weighted by Gasteiger charge is 2.26. The van der Waals surface area contributed by atoms with E-state index in [4.69, 9.17) is 14.5 Å². The highest BCUT2D eigenvalue weighted by molar-refractivity contribution is 6.07. The highest BCUT2D eigenvalue weighted by Crippen LogP contribution is 2.34. The Bertz CT molecular complexity index is 1830. The quantitative estimate of drug-likeness (QED) is 0.253. The third kappa shape index (κ3) is 4.91. The fourth-order valence-electron chi connectivity index (χ4n) is 5.67. The largest absolute Gasteiger partial charge is 0.354 e. The van der Waals surface area contributed by atoms with Gasteiger partial charge in [-0.05, 0) is 28.8 Å². The Morgan fingerprint density at radius 1 is 0.756 bits per heavy atom. The predicted octanol–water partition coefficient (Wildman–Crippen LogP) is 6.38. The summed E-state index contributed by atoms with van der Waals surface area (Å²) in [6.07, 6.45) is 1.41. The molecule has 41 heavy (non-hydrogen) atoms. The van der Waals surface area contributed by atoms with Gasteiger partial charge in [-0.2, -0.15) is 4.98 Å². The molecule has 1 fully saturated rings. The molecule has 1 saturated heterocycles. The molecule has 1 aliphatic rings. The van der Waals surface area contributed by atoms with E-state index in [0.29, 0.717) is 37.6 Å². The zero-order valence-corrected chi connectivity index (χ0v) is 22.6. The van der Waals surface area contributed by atoms with Gasteiger partial charge in [-0.3, -0.25) is 4.79 Å². The Labute approximate surface area is 238 Å². The summed E-state index contributed by atoms with van der Waals surface area (Å²) in [7, 11) is 0. The van der Waals surface area contributed by atoms with Gasteiger partial charge in [0.05, 0.1) is 0 Å². The summed E-state index contributed by atoms with van der Waals surface area (Å²) in [6, 6.07) is 34.2. The second kappa shape index (κ2) is 10.8. The van der Waals surface area contributed by atoms with Crippen molar-refractivity contribution >= 4 is 33.6 Å². The molecule has 0 saturated carbocycles. The first-order chi connectivity index (χ1) is 20.2. The van der Waals surface area contributed by atoms with Crippen molar-refractivity contribution in [3.8, 4) is 11.3 Å². The van der Waals surface area contributed by atoms with Gasteiger partial charge in [0.2, 0.25) is 0 Å². The molecule has 4 aromatic carbocycles. The van der Waals surface area contributed by atoms with Gasteiger partial charge < -0.3 is 14.3 Å². The van der Waals surface area contributed by atoms with Crippen molar-refractivity contribution in [1.29, 1.82) is 0 Å². The fraction of sp³-hybridized carbons (Fsp3) is 0.176. The van der Waals surface area contributed by atoms with E-state index in [1.807, 2.05) is 95.9 Å². The summed E-state index contributed by atoms with van der Waals surface area (Å²) in [5.41, 5.74) is 4.04. The third-order valence-electron chi connectivity index (χ3n) is 7.72. The SMILES string of the molecule is O=C(c1cccc2ccccc12)N1CCCN(c2nc(Cc3ccccc3)nc3onc(-c4ccccc4)c23)CC1. The molecule has 202 valence electrons. The molecule has 0 aliphatic carbocycles. The van der Waals surface area contributed by atoms with Crippen LogP contribution in [-0.2, 0) is 6.42 Å². The Hall–Kier alpha value is -5.04. The van der Waals surface area contributed by atoms with Gasteiger partial charge in [-0.15, -0.1) is 0 Å². The summed E-state index contributed by atoms with van der Waals surface area (Å²) in [4.78, 5) is 27.8. The second-order valence-electron chi connectivity index (χ2n) is 10.4. The molecule has 7 heteroatoms. The minimum atomic E-state index is 0.0659. The molecular formula is C34H29N5O2. The molecule has 7 rings (SSSR count). The van der Waals surface area contributed by atoms with E-state index in [1.54, 1.807) is 0 Å². The number of rotatable bonds is 5. The van der Waals surface area contributed by atoms with Crippen molar-refractivity contribution in [2.75, 3.05) is 31.1 Å². The standard InChI is InChI=1S/C34H29N5O2/c40-34(28-18-9-16-25-13-7-8-17-27(25)28)39-20-10-19-38(21-22-39)32-30-31(26-14-5-2-6-15-26)37-41-33(30)36-29(35-32)23-24-11-3-1-4-12-24/h1-9,11-18H,10,19-23H2. The van der Waals surface area contributed by atoms with E-state index in [0.717, 1.165) is 57.3 Å². The number of hydrogen-bond donors (Lipinski definition) is 0. The molecule has 0 N–H and O–H groups in total. The average molecular weight is 540 g/mol. The summed E-state index contributed by atoms with van der Waals surface area (Å²) in [5.74, 6) is 1.55. The molecule has 7 nitrogen and oxygen atoms in total. The molecule has 0 atom stereocenters. The first-order valence-corrected chi connectivity index (χ1v) is 14.0. The lowest BCUT2D eigenvalue weighted by Crippen LogP contribution is -2.35. The topological polar surface area (TPSA) is 75.4 Å². The lowest BCUT2D eigenvalue weighted by Gasteiger charge is -2.24. The predicted molar refractivity (Wildman–Crippen MR) is 161 cm³/mol. The van der Waals surface area contributed by atoms with Crippen LogP contribution in [0.3, 0.4) is 0 Å². The van der Waals surface area contributed by atoms with Gasteiger partial charge >= 0.3 is 0 Å². The zero-order valence-electron chi connectivity index (χ0n) is 22.6. The molecule has 0 radical (unpaired) electrons. The lowest BCUT2D eigenvalue weighted by molar-refractivity contribution is 0.0769. The summed E-state index contributed by atoms with van der Waals surface area (Å²) < 4.78 is 5.81.